The second-order valence-corrected chi connectivity index (χ2v) is 4.35. The maximum Gasteiger partial charge on any atom is 0.0642 e. The molecule has 0 saturated carbocycles. The zero-order chi connectivity index (χ0) is 11.2. The van der Waals surface area contributed by atoms with E-state index in [9.17, 15) is 0 Å². The third-order valence-electron chi connectivity index (χ3n) is 3.13. The number of benzene rings is 1. The summed E-state index contributed by atoms with van der Waals surface area (Å²) in [5, 5.41) is 12.6. The van der Waals surface area contributed by atoms with Crippen LogP contribution in [0.25, 0.3) is 0 Å². The van der Waals surface area contributed by atoms with E-state index in [1.165, 1.54) is 11.1 Å². The molecule has 2 rings (SSSR count). The lowest BCUT2D eigenvalue weighted by Gasteiger charge is -2.23. The fraction of sp³-hybridized carbons (Fsp3) is 0.429. The topological polar surface area (TPSA) is 32.3 Å². The van der Waals surface area contributed by atoms with Crippen LogP contribution in [0.1, 0.15) is 18.4 Å². The van der Waals surface area contributed by atoms with Crippen LogP contribution in [0.2, 0.25) is 0 Å². The van der Waals surface area contributed by atoms with Gasteiger partial charge in [-0.3, -0.25) is 0 Å². The molecule has 0 radical (unpaired) electrons. The summed E-state index contributed by atoms with van der Waals surface area (Å²) in [4.78, 5) is 0. The summed E-state index contributed by atoms with van der Waals surface area (Å²) in [5.74, 6) is 0. The molecule has 0 saturated heterocycles. The molecule has 16 heavy (non-hydrogen) atoms. The van der Waals surface area contributed by atoms with Gasteiger partial charge in [-0.2, -0.15) is 0 Å². The van der Waals surface area contributed by atoms with Gasteiger partial charge in [0.25, 0.3) is 0 Å². The molecule has 1 aliphatic rings. The summed E-state index contributed by atoms with van der Waals surface area (Å²) in [6, 6.07) is 11.1. The summed E-state index contributed by atoms with van der Waals surface area (Å²) < 4.78 is 0. The van der Waals surface area contributed by atoms with Gasteiger partial charge in [-0.05, 0) is 30.4 Å². The van der Waals surface area contributed by atoms with Crippen LogP contribution in [-0.4, -0.2) is 24.3 Å². The van der Waals surface area contributed by atoms with Crippen molar-refractivity contribution < 1.29 is 5.11 Å². The maximum atomic E-state index is 9.10. The fourth-order valence-corrected chi connectivity index (χ4v) is 2.16. The van der Waals surface area contributed by atoms with Crippen molar-refractivity contribution in [3.63, 3.8) is 0 Å². The van der Waals surface area contributed by atoms with Gasteiger partial charge in [-0.15, -0.1) is 0 Å². The summed E-state index contributed by atoms with van der Waals surface area (Å²) >= 11 is 0. The Hall–Kier alpha value is -1.12. The van der Waals surface area contributed by atoms with Crippen molar-refractivity contribution in [2.75, 3.05) is 13.2 Å². The molecule has 2 N–H and O–H groups in total. The van der Waals surface area contributed by atoms with Gasteiger partial charge in [-0.1, -0.05) is 36.4 Å². The summed E-state index contributed by atoms with van der Waals surface area (Å²) in [6.07, 6.45) is 5.33. The average molecular weight is 217 g/mol. The fourth-order valence-electron chi connectivity index (χ4n) is 2.16. The number of nitrogens with one attached hydrogen (secondary N) is 1. The van der Waals surface area contributed by atoms with Crippen molar-refractivity contribution >= 4 is 0 Å². The van der Waals surface area contributed by atoms with Crippen molar-refractivity contribution in [2.24, 2.45) is 0 Å². The van der Waals surface area contributed by atoms with E-state index >= 15 is 0 Å². The number of aliphatic hydroxyl groups excluding tert-OH is 1. The molecule has 0 spiro atoms. The number of aliphatic hydroxyl groups is 1. The molecule has 1 heterocycles. The van der Waals surface area contributed by atoms with Crippen LogP contribution in [-0.2, 0) is 6.42 Å². The van der Waals surface area contributed by atoms with Gasteiger partial charge in [0.2, 0.25) is 0 Å². The molecule has 1 atom stereocenters. The SMILES string of the molecule is OCC1=CCNC(CCc2ccccc2)C1. The van der Waals surface area contributed by atoms with Crippen molar-refractivity contribution in [1.82, 2.24) is 5.32 Å². The maximum absolute atomic E-state index is 9.10. The minimum Gasteiger partial charge on any atom is -0.392 e. The minimum atomic E-state index is 0.212. The van der Waals surface area contributed by atoms with Crippen LogP contribution in [0.4, 0.5) is 0 Å². The summed E-state index contributed by atoms with van der Waals surface area (Å²) in [5.41, 5.74) is 2.57. The van der Waals surface area contributed by atoms with E-state index < -0.39 is 0 Å². The molecule has 1 aliphatic heterocycles. The Balaban J connectivity index is 1.81. The Bertz CT molecular complexity index is 345. The monoisotopic (exact) mass is 217 g/mol. The van der Waals surface area contributed by atoms with Gasteiger partial charge < -0.3 is 10.4 Å². The minimum absolute atomic E-state index is 0.212. The molecular weight excluding hydrogens is 198 g/mol. The van der Waals surface area contributed by atoms with Crippen molar-refractivity contribution in [1.29, 1.82) is 0 Å². The Labute approximate surface area is 97.0 Å². The lowest BCUT2D eigenvalue weighted by atomic mass is 9.97. The standard InChI is InChI=1S/C14H19NO/c16-11-13-8-9-15-14(10-13)7-6-12-4-2-1-3-5-12/h1-5,8,14-16H,6-7,9-11H2. The lowest BCUT2D eigenvalue weighted by molar-refractivity contribution is 0.315. The number of hydrogen-bond acceptors (Lipinski definition) is 2. The van der Waals surface area contributed by atoms with E-state index in [2.05, 4.69) is 41.7 Å². The van der Waals surface area contributed by atoms with E-state index in [0.29, 0.717) is 6.04 Å². The van der Waals surface area contributed by atoms with Crippen molar-refractivity contribution in [3.05, 3.63) is 47.5 Å². The molecule has 2 heteroatoms. The smallest absolute Gasteiger partial charge is 0.0642 e. The predicted molar refractivity (Wildman–Crippen MR) is 66.3 cm³/mol. The van der Waals surface area contributed by atoms with Crippen LogP contribution in [0.5, 0.6) is 0 Å². The first-order valence-electron chi connectivity index (χ1n) is 5.94. The van der Waals surface area contributed by atoms with Crippen LogP contribution < -0.4 is 5.32 Å². The molecule has 86 valence electrons. The van der Waals surface area contributed by atoms with Gasteiger partial charge in [0, 0.05) is 12.6 Å². The van der Waals surface area contributed by atoms with Crippen LogP contribution in [0.15, 0.2) is 42.0 Å². The Morgan fingerprint density at radius 2 is 2.06 bits per heavy atom. The van der Waals surface area contributed by atoms with E-state index in [1.807, 2.05) is 0 Å². The zero-order valence-corrected chi connectivity index (χ0v) is 9.52. The van der Waals surface area contributed by atoms with E-state index in [4.69, 9.17) is 5.11 Å². The first-order valence-corrected chi connectivity index (χ1v) is 5.94. The van der Waals surface area contributed by atoms with Crippen LogP contribution >= 0.6 is 0 Å². The van der Waals surface area contributed by atoms with Gasteiger partial charge in [0.15, 0.2) is 0 Å². The number of rotatable bonds is 4. The normalized spacial score (nSPS) is 20.6. The summed E-state index contributed by atoms with van der Waals surface area (Å²) in [7, 11) is 0. The van der Waals surface area contributed by atoms with E-state index in [1.54, 1.807) is 0 Å². The molecule has 1 aromatic carbocycles. The third-order valence-corrected chi connectivity index (χ3v) is 3.13. The molecule has 2 nitrogen and oxygen atoms in total. The Morgan fingerprint density at radius 1 is 1.25 bits per heavy atom. The molecular formula is C14H19NO. The second-order valence-electron chi connectivity index (χ2n) is 4.35. The molecule has 0 fully saturated rings. The van der Waals surface area contributed by atoms with Crippen LogP contribution in [0, 0.1) is 0 Å². The second kappa shape index (κ2) is 5.83. The molecule has 0 aromatic heterocycles. The Kier molecular flexibility index (Phi) is 4.14. The van der Waals surface area contributed by atoms with E-state index in [-0.39, 0.29) is 6.61 Å². The number of aryl methyl sites for hydroxylation is 1. The van der Waals surface area contributed by atoms with Gasteiger partial charge in [0.05, 0.1) is 6.61 Å². The van der Waals surface area contributed by atoms with Gasteiger partial charge in [-0.25, -0.2) is 0 Å². The van der Waals surface area contributed by atoms with Gasteiger partial charge in [0.1, 0.15) is 0 Å². The van der Waals surface area contributed by atoms with Crippen molar-refractivity contribution in [2.45, 2.75) is 25.3 Å². The highest BCUT2D eigenvalue weighted by Crippen LogP contribution is 2.14. The van der Waals surface area contributed by atoms with E-state index in [0.717, 1.165) is 25.8 Å². The van der Waals surface area contributed by atoms with Gasteiger partial charge >= 0.3 is 0 Å². The highest BCUT2D eigenvalue weighted by Gasteiger charge is 2.13. The first kappa shape index (κ1) is 11.4. The Morgan fingerprint density at radius 3 is 2.81 bits per heavy atom. The molecule has 1 unspecified atom stereocenters. The summed E-state index contributed by atoms with van der Waals surface area (Å²) in [6.45, 7) is 1.11. The largest absolute Gasteiger partial charge is 0.392 e. The molecule has 0 amide bonds. The highest BCUT2D eigenvalue weighted by molar-refractivity contribution is 5.16. The molecule has 1 aromatic rings. The zero-order valence-electron chi connectivity index (χ0n) is 9.52. The van der Waals surface area contributed by atoms with Crippen molar-refractivity contribution in [3.8, 4) is 0 Å². The average Bonchev–Trinajstić information content (AvgIpc) is 2.38. The lowest BCUT2D eigenvalue weighted by Crippen LogP contribution is -2.34. The quantitative estimate of drug-likeness (QED) is 0.755. The third kappa shape index (κ3) is 3.19. The predicted octanol–water partition coefficient (Wildman–Crippen LogP) is 1.90. The van der Waals surface area contributed by atoms with Crippen LogP contribution in [0.3, 0.4) is 0 Å². The number of hydrogen-bond donors (Lipinski definition) is 2. The first-order chi connectivity index (χ1) is 7.88. The molecule has 0 bridgehead atoms. The molecule has 0 aliphatic carbocycles. The highest BCUT2D eigenvalue weighted by atomic mass is 16.3.